The zero-order valence-corrected chi connectivity index (χ0v) is 9.61. The number of halogens is 3. The van der Waals surface area contributed by atoms with E-state index in [1.54, 1.807) is 24.3 Å². The molecule has 1 unspecified atom stereocenters. The molecule has 0 aliphatic rings. The number of alkyl halides is 3. The second kappa shape index (κ2) is 6.83. The van der Waals surface area contributed by atoms with Crippen molar-refractivity contribution < 1.29 is 22.7 Å². The molecule has 5 heteroatoms. The molecule has 0 heterocycles. The minimum atomic E-state index is -3.15. The normalized spacial score (nSPS) is 12.2. The molecule has 0 amide bonds. The first-order chi connectivity index (χ1) is 8.50. The predicted octanol–water partition coefficient (Wildman–Crippen LogP) is 2.93. The first-order valence-electron chi connectivity index (χ1n) is 5.31. The summed E-state index contributed by atoms with van der Waals surface area (Å²) in [6.07, 6.45) is -5.37. The molecule has 0 aromatic heterocycles. The van der Waals surface area contributed by atoms with Crippen LogP contribution in [0.15, 0.2) is 42.5 Å². The van der Waals surface area contributed by atoms with Gasteiger partial charge in [0, 0.05) is 12.0 Å². The van der Waals surface area contributed by atoms with E-state index in [-0.39, 0.29) is 12.0 Å². The smallest absolute Gasteiger partial charge is 0.333 e. The zero-order chi connectivity index (χ0) is 13.5. The minimum Gasteiger partial charge on any atom is -0.459 e. The summed E-state index contributed by atoms with van der Waals surface area (Å²) in [5.41, 5.74) is 0.938. The fourth-order valence-electron chi connectivity index (χ4n) is 1.24. The summed E-state index contributed by atoms with van der Waals surface area (Å²) in [4.78, 5) is 11.3. The molecule has 0 radical (unpaired) electrons. The van der Waals surface area contributed by atoms with Gasteiger partial charge in [-0.25, -0.2) is 18.0 Å². The lowest BCUT2D eigenvalue weighted by Crippen LogP contribution is -2.22. The molecule has 0 fully saturated rings. The highest BCUT2D eigenvalue weighted by Crippen LogP contribution is 2.10. The third-order valence-electron chi connectivity index (χ3n) is 2.20. The molecular weight excluding hydrogens is 245 g/mol. The van der Waals surface area contributed by atoms with Crippen molar-refractivity contribution in [2.24, 2.45) is 0 Å². The average Bonchev–Trinajstić information content (AvgIpc) is 2.36. The quantitative estimate of drug-likeness (QED) is 0.579. The number of ether oxygens (including phenoxy) is 1. The van der Waals surface area contributed by atoms with Crippen molar-refractivity contribution >= 4 is 5.97 Å². The molecule has 0 N–H and O–H groups in total. The Morgan fingerprint density at radius 1 is 1.22 bits per heavy atom. The lowest BCUT2D eigenvalue weighted by atomic mass is 10.1. The summed E-state index contributed by atoms with van der Waals surface area (Å²) in [5, 5.41) is 0. The van der Waals surface area contributed by atoms with Crippen molar-refractivity contribution in [2.45, 2.75) is 19.0 Å². The average molecular weight is 258 g/mol. The first kappa shape index (κ1) is 14.3. The van der Waals surface area contributed by atoms with E-state index in [4.69, 9.17) is 0 Å². The lowest BCUT2D eigenvalue weighted by Gasteiger charge is -2.09. The molecule has 18 heavy (non-hydrogen) atoms. The molecule has 1 atom stereocenters. The van der Waals surface area contributed by atoms with E-state index >= 15 is 0 Å². The van der Waals surface area contributed by atoms with Crippen LogP contribution in [0.3, 0.4) is 0 Å². The highest BCUT2D eigenvalue weighted by Gasteiger charge is 2.21. The van der Waals surface area contributed by atoms with Crippen molar-refractivity contribution in [1.82, 2.24) is 0 Å². The van der Waals surface area contributed by atoms with Crippen LogP contribution in [0, 0.1) is 0 Å². The number of carbonyl (C=O) groups excluding carboxylic acids is 1. The molecule has 0 aliphatic heterocycles. The van der Waals surface area contributed by atoms with Gasteiger partial charge in [-0.1, -0.05) is 36.9 Å². The molecule has 0 bridgehead atoms. The van der Waals surface area contributed by atoms with Crippen molar-refractivity contribution in [1.29, 1.82) is 0 Å². The van der Waals surface area contributed by atoms with Gasteiger partial charge in [-0.3, -0.25) is 0 Å². The molecule has 1 aromatic rings. The Balaban J connectivity index is 2.41. The maximum Gasteiger partial charge on any atom is 0.333 e. The van der Waals surface area contributed by atoms with Crippen LogP contribution in [0.2, 0.25) is 0 Å². The topological polar surface area (TPSA) is 26.3 Å². The standard InChI is InChI=1S/C13H13F3O2/c1-9(7-10-5-3-2-4-6-10)13(17)18-8-11(14)12(15)16/h2-6,11-12H,1,7-8H2. The van der Waals surface area contributed by atoms with E-state index in [1.807, 2.05) is 6.07 Å². The van der Waals surface area contributed by atoms with E-state index in [2.05, 4.69) is 11.3 Å². The zero-order valence-electron chi connectivity index (χ0n) is 9.61. The predicted molar refractivity (Wildman–Crippen MR) is 61.1 cm³/mol. The Kier molecular flexibility index (Phi) is 5.42. The summed E-state index contributed by atoms with van der Waals surface area (Å²) in [5.74, 6) is -0.859. The van der Waals surface area contributed by atoms with Gasteiger partial charge in [0.15, 0.2) is 6.17 Å². The molecule has 0 aliphatic carbocycles. The SMILES string of the molecule is C=C(Cc1ccccc1)C(=O)OCC(F)C(F)F. The van der Waals surface area contributed by atoms with Gasteiger partial charge < -0.3 is 4.74 Å². The molecule has 2 nitrogen and oxygen atoms in total. The molecule has 1 aromatic carbocycles. The fourth-order valence-corrected chi connectivity index (χ4v) is 1.24. The molecule has 0 saturated heterocycles. The Bertz CT molecular complexity index is 404. The van der Waals surface area contributed by atoms with Gasteiger partial charge in [0.2, 0.25) is 0 Å². The summed E-state index contributed by atoms with van der Waals surface area (Å²) in [6.45, 7) is 2.53. The van der Waals surface area contributed by atoms with E-state index in [9.17, 15) is 18.0 Å². The lowest BCUT2D eigenvalue weighted by molar-refractivity contribution is -0.142. The van der Waals surface area contributed by atoms with Gasteiger partial charge in [0.25, 0.3) is 6.43 Å². The number of benzene rings is 1. The monoisotopic (exact) mass is 258 g/mol. The summed E-state index contributed by atoms with van der Waals surface area (Å²) in [6, 6.07) is 8.98. The van der Waals surface area contributed by atoms with Gasteiger partial charge >= 0.3 is 5.97 Å². The van der Waals surface area contributed by atoms with Crippen molar-refractivity contribution in [3.8, 4) is 0 Å². The van der Waals surface area contributed by atoms with Crippen LogP contribution in [0.25, 0.3) is 0 Å². The van der Waals surface area contributed by atoms with Crippen LogP contribution >= 0.6 is 0 Å². The summed E-state index contributed by atoms with van der Waals surface area (Å²) >= 11 is 0. The van der Waals surface area contributed by atoms with Crippen molar-refractivity contribution in [3.05, 3.63) is 48.0 Å². The maximum atomic E-state index is 12.5. The second-order valence-electron chi connectivity index (χ2n) is 3.71. The Morgan fingerprint density at radius 3 is 2.39 bits per heavy atom. The van der Waals surface area contributed by atoms with Crippen LogP contribution in [0.1, 0.15) is 5.56 Å². The van der Waals surface area contributed by atoms with E-state index in [0.29, 0.717) is 0 Å². The number of hydrogen-bond acceptors (Lipinski definition) is 2. The third-order valence-corrected chi connectivity index (χ3v) is 2.20. The Morgan fingerprint density at radius 2 is 1.83 bits per heavy atom. The minimum absolute atomic E-state index is 0.0997. The van der Waals surface area contributed by atoms with Gasteiger partial charge in [0.05, 0.1) is 0 Å². The van der Waals surface area contributed by atoms with Crippen LogP contribution in [-0.4, -0.2) is 25.2 Å². The number of esters is 1. The molecule has 0 saturated carbocycles. The van der Waals surface area contributed by atoms with Crippen LogP contribution in [0.4, 0.5) is 13.2 Å². The van der Waals surface area contributed by atoms with Crippen molar-refractivity contribution in [2.75, 3.05) is 6.61 Å². The summed E-state index contributed by atoms with van der Waals surface area (Å²) in [7, 11) is 0. The summed E-state index contributed by atoms with van der Waals surface area (Å²) < 4.78 is 40.6. The van der Waals surface area contributed by atoms with Gasteiger partial charge in [-0.15, -0.1) is 0 Å². The van der Waals surface area contributed by atoms with Crippen LogP contribution < -0.4 is 0 Å². The Hall–Kier alpha value is -1.78. The van der Waals surface area contributed by atoms with Gasteiger partial charge in [0.1, 0.15) is 6.61 Å². The fraction of sp³-hybridized carbons (Fsp3) is 0.308. The van der Waals surface area contributed by atoms with Crippen LogP contribution in [0.5, 0.6) is 0 Å². The largest absolute Gasteiger partial charge is 0.459 e. The highest BCUT2D eigenvalue weighted by molar-refractivity contribution is 5.88. The van der Waals surface area contributed by atoms with Crippen LogP contribution in [-0.2, 0) is 16.0 Å². The maximum absolute atomic E-state index is 12.5. The molecule has 1 rings (SSSR count). The molecule has 0 spiro atoms. The van der Waals surface area contributed by atoms with Crippen molar-refractivity contribution in [3.63, 3.8) is 0 Å². The number of carbonyl (C=O) groups is 1. The molecule has 98 valence electrons. The third kappa shape index (κ3) is 4.61. The van der Waals surface area contributed by atoms with Gasteiger partial charge in [-0.2, -0.15) is 0 Å². The molecular formula is C13H13F3O2. The van der Waals surface area contributed by atoms with E-state index < -0.39 is 25.2 Å². The second-order valence-corrected chi connectivity index (χ2v) is 3.71. The van der Waals surface area contributed by atoms with E-state index in [1.165, 1.54) is 0 Å². The van der Waals surface area contributed by atoms with Gasteiger partial charge in [-0.05, 0) is 5.56 Å². The number of hydrogen-bond donors (Lipinski definition) is 0. The number of rotatable bonds is 6. The van der Waals surface area contributed by atoms with E-state index in [0.717, 1.165) is 5.56 Å². The Labute approximate surface area is 103 Å². The highest BCUT2D eigenvalue weighted by atomic mass is 19.3. The first-order valence-corrected chi connectivity index (χ1v) is 5.31.